The Morgan fingerprint density at radius 3 is 2.17 bits per heavy atom. The van der Waals surface area contributed by atoms with Gasteiger partial charge in [0.05, 0.1) is 12.1 Å². The minimum Gasteiger partial charge on any atom is -0.362 e. The molecule has 0 fully saturated rings. The first-order valence-corrected chi connectivity index (χ1v) is 12.8. The quantitative estimate of drug-likeness (QED) is 0.333. The standard InChI is InChI=1S/C30H44N4O/c1-9-16-24(6)26(23(5)12-4)21-27-28(32(7)8)31-30(33(19-10-2)20-11-3)34(29(27)35)22-25-17-14-13-15-18-25/h9,12-18H,10-11,19-22H2,1-8H3/b16-9+,23-12-,26-24-. The minimum absolute atomic E-state index is 0.0365. The Bertz CT molecular complexity index is 1100. The van der Waals surface area contributed by atoms with E-state index in [1.54, 1.807) is 0 Å². The third-order valence-corrected chi connectivity index (χ3v) is 6.25. The van der Waals surface area contributed by atoms with Gasteiger partial charge in [0.1, 0.15) is 5.82 Å². The van der Waals surface area contributed by atoms with E-state index in [-0.39, 0.29) is 5.56 Å². The smallest absolute Gasteiger partial charge is 0.260 e. The molecule has 2 rings (SSSR count). The maximum Gasteiger partial charge on any atom is 0.260 e. The predicted octanol–water partition coefficient (Wildman–Crippen LogP) is 6.39. The van der Waals surface area contributed by atoms with Crippen molar-refractivity contribution in [1.29, 1.82) is 0 Å². The Morgan fingerprint density at radius 2 is 1.66 bits per heavy atom. The molecule has 0 aliphatic carbocycles. The second kappa shape index (κ2) is 13.7. The van der Waals surface area contributed by atoms with Crippen molar-refractivity contribution in [2.45, 2.75) is 67.3 Å². The highest BCUT2D eigenvalue weighted by atomic mass is 16.1. The van der Waals surface area contributed by atoms with Gasteiger partial charge in [-0.05, 0) is 57.2 Å². The summed E-state index contributed by atoms with van der Waals surface area (Å²) in [6.07, 6.45) is 8.82. The van der Waals surface area contributed by atoms with Gasteiger partial charge in [-0.15, -0.1) is 0 Å². The lowest BCUT2D eigenvalue weighted by molar-refractivity contribution is 0.648. The summed E-state index contributed by atoms with van der Waals surface area (Å²) in [6.45, 7) is 14.9. The van der Waals surface area contributed by atoms with Crippen LogP contribution in [-0.4, -0.2) is 36.7 Å². The van der Waals surface area contributed by atoms with Crippen LogP contribution in [0.3, 0.4) is 0 Å². The summed E-state index contributed by atoms with van der Waals surface area (Å²) in [5, 5.41) is 0. The number of rotatable bonds is 12. The topological polar surface area (TPSA) is 41.4 Å². The molecule has 0 unspecified atom stereocenters. The van der Waals surface area contributed by atoms with Crippen LogP contribution in [0, 0.1) is 0 Å². The van der Waals surface area contributed by atoms with Crippen LogP contribution in [0.25, 0.3) is 0 Å². The Hall–Kier alpha value is -3.08. The van der Waals surface area contributed by atoms with Crippen LogP contribution in [0.2, 0.25) is 0 Å². The number of allylic oxidation sites excluding steroid dienone is 6. The van der Waals surface area contributed by atoms with Crippen molar-refractivity contribution in [2.75, 3.05) is 37.0 Å². The fourth-order valence-electron chi connectivity index (χ4n) is 4.39. The molecule has 0 bridgehead atoms. The van der Waals surface area contributed by atoms with E-state index in [1.807, 2.05) is 61.7 Å². The second-order valence-electron chi connectivity index (χ2n) is 9.28. The Kier molecular flexibility index (Phi) is 11.0. The molecule has 0 atom stereocenters. The fourth-order valence-corrected chi connectivity index (χ4v) is 4.39. The molecule has 0 N–H and O–H groups in total. The Morgan fingerprint density at radius 1 is 1.03 bits per heavy atom. The molecule has 0 aliphatic rings. The van der Waals surface area contributed by atoms with E-state index in [1.165, 1.54) is 16.7 Å². The van der Waals surface area contributed by atoms with Crippen molar-refractivity contribution in [2.24, 2.45) is 0 Å². The Balaban J connectivity index is 2.84. The SMILES string of the molecule is C\C=C(C)/C(Cc1c(N(C)C)nc(N(CCC)CCC)n(Cc2ccccc2)c1=O)=C(C)\C=C\C. The van der Waals surface area contributed by atoms with Crippen molar-refractivity contribution < 1.29 is 0 Å². The number of nitrogens with zero attached hydrogens (tertiary/aromatic N) is 4. The highest BCUT2D eigenvalue weighted by molar-refractivity contribution is 5.54. The molecule has 2 aromatic rings. The zero-order chi connectivity index (χ0) is 26.0. The van der Waals surface area contributed by atoms with Crippen molar-refractivity contribution in [3.63, 3.8) is 0 Å². The van der Waals surface area contributed by atoms with E-state index < -0.39 is 0 Å². The molecule has 0 saturated heterocycles. The summed E-state index contributed by atoms with van der Waals surface area (Å²) in [4.78, 5) is 23.7. The zero-order valence-corrected chi connectivity index (χ0v) is 23.1. The number of benzene rings is 1. The van der Waals surface area contributed by atoms with Crippen LogP contribution in [0.1, 0.15) is 65.5 Å². The fraction of sp³-hybridized carbons (Fsp3) is 0.467. The highest BCUT2D eigenvalue weighted by Crippen LogP contribution is 2.26. The molecule has 1 aromatic heterocycles. The summed E-state index contributed by atoms with van der Waals surface area (Å²) in [5.74, 6) is 1.51. The lowest BCUT2D eigenvalue weighted by Gasteiger charge is -2.29. The normalized spacial score (nSPS) is 12.7. The second-order valence-corrected chi connectivity index (χ2v) is 9.28. The maximum absolute atomic E-state index is 14.3. The summed E-state index contributed by atoms with van der Waals surface area (Å²) in [6, 6.07) is 10.2. The van der Waals surface area contributed by atoms with Gasteiger partial charge in [-0.2, -0.15) is 4.98 Å². The van der Waals surface area contributed by atoms with Gasteiger partial charge in [0.25, 0.3) is 5.56 Å². The lowest BCUT2D eigenvalue weighted by atomic mass is 9.94. The first kappa shape index (κ1) is 28.2. The van der Waals surface area contributed by atoms with E-state index in [0.29, 0.717) is 13.0 Å². The van der Waals surface area contributed by atoms with Gasteiger partial charge in [-0.25, -0.2) is 0 Å². The first-order valence-electron chi connectivity index (χ1n) is 12.8. The van der Waals surface area contributed by atoms with Crippen molar-refractivity contribution in [3.05, 3.63) is 86.8 Å². The van der Waals surface area contributed by atoms with Gasteiger partial charge in [-0.3, -0.25) is 9.36 Å². The van der Waals surface area contributed by atoms with Crippen LogP contribution >= 0.6 is 0 Å². The third-order valence-electron chi connectivity index (χ3n) is 6.25. The summed E-state index contributed by atoms with van der Waals surface area (Å²) >= 11 is 0. The first-order chi connectivity index (χ1) is 16.8. The molecule has 1 aromatic carbocycles. The van der Waals surface area contributed by atoms with Gasteiger partial charge in [-0.1, -0.05) is 68.0 Å². The van der Waals surface area contributed by atoms with Crippen LogP contribution in [0.15, 0.2) is 70.1 Å². The molecule has 5 nitrogen and oxygen atoms in total. The molecule has 0 radical (unpaired) electrons. The van der Waals surface area contributed by atoms with Crippen molar-refractivity contribution >= 4 is 11.8 Å². The van der Waals surface area contributed by atoms with E-state index in [0.717, 1.165) is 48.8 Å². The van der Waals surface area contributed by atoms with E-state index in [2.05, 4.69) is 56.9 Å². The number of hydrogen-bond donors (Lipinski definition) is 0. The van der Waals surface area contributed by atoms with Crippen LogP contribution in [0.5, 0.6) is 0 Å². The average Bonchev–Trinajstić information content (AvgIpc) is 2.84. The van der Waals surface area contributed by atoms with Crippen LogP contribution in [-0.2, 0) is 13.0 Å². The molecule has 5 heteroatoms. The molecular weight excluding hydrogens is 432 g/mol. The third kappa shape index (κ3) is 7.20. The van der Waals surface area contributed by atoms with E-state index >= 15 is 0 Å². The van der Waals surface area contributed by atoms with E-state index in [4.69, 9.17) is 4.98 Å². The van der Waals surface area contributed by atoms with Crippen molar-refractivity contribution in [3.8, 4) is 0 Å². The van der Waals surface area contributed by atoms with Crippen LogP contribution in [0.4, 0.5) is 11.8 Å². The number of aromatic nitrogens is 2. The maximum atomic E-state index is 14.3. The molecular formula is C30H44N4O. The van der Waals surface area contributed by atoms with Crippen LogP contribution < -0.4 is 15.4 Å². The van der Waals surface area contributed by atoms with Gasteiger partial charge in [0.15, 0.2) is 0 Å². The molecule has 0 amide bonds. The largest absolute Gasteiger partial charge is 0.362 e. The predicted molar refractivity (Wildman–Crippen MR) is 152 cm³/mol. The highest BCUT2D eigenvalue weighted by Gasteiger charge is 2.23. The summed E-state index contributed by atoms with van der Waals surface area (Å²) < 4.78 is 1.89. The van der Waals surface area contributed by atoms with E-state index in [9.17, 15) is 4.79 Å². The lowest BCUT2D eigenvalue weighted by Crippen LogP contribution is -2.37. The monoisotopic (exact) mass is 476 g/mol. The summed E-state index contributed by atoms with van der Waals surface area (Å²) in [5.41, 5.74) is 5.40. The molecule has 190 valence electrons. The molecule has 0 spiro atoms. The minimum atomic E-state index is 0.0365. The molecule has 0 aliphatic heterocycles. The zero-order valence-electron chi connectivity index (χ0n) is 23.1. The Labute approximate surface area is 212 Å². The van der Waals surface area contributed by atoms with Gasteiger partial charge >= 0.3 is 0 Å². The molecule has 0 saturated carbocycles. The average molecular weight is 477 g/mol. The molecule has 35 heavy (non-hydrogen) atoms. The van der Waals surface area contributed by atoms with Gasteiger partial charge in [0.2, 0.25) is 5.95 Å². The summed E-state index contributed by atoms with van der Waals surface area (Å²) in [7, 11) is 3.95. The van der Waals surface area contributed by atoms with Crippen molar-refractivity contribution in [1.82, 2.24) is 9.55 Å². The van der Waals surface area contributed by atoms with Gasteiger partial charge in [0, 0.05) is 33.6 Å². The number of hydrogen-bond acceptors (Lipinski definition) is 4. The number of anilines is 2. The molecule has 1 heterocycles. The van der Waals surface area contributed by atoms with Gasteiger partial charge < -0.3 is 9.80 Å².